The molecule has 4 nitrogen and oxygen atoms in total. The number of halogens is 1. The lowest BCUT2D eigenvalue weighted by Crippen LogP contribution is -2.40. The number of hydrogen-bond donors (Lipinski definition) is 1. The molecule has 0 spiro atoms. The van der Waals surface area contributed by atoms with Crippen molar-refractivity contribution in [3.05, 3.63) is 34.9 Å². The zero-order valence-electron chi connectivity index (χ0n) is 11.1. The molecule has 2 heterocycles. The van der Waals surface area contributed by atoms with Crippen LogP contribution in [0.1, 0.15) is 12.0 Å². The first kappa shape index (κ1) is 13.4. The minimum absolute atomic E-state index is 0.109. The Morgan fingerprint density at radius 2 is 1.95 bits per heavy atom. The van der Waals surface area contributed by atoms with Crippen LogP contribution in [0.25, 0.3) is 0 Å². The first-order valence-corrected chi connectivity index (χ1v) is 7.28. The summed E-state index contributed by atoms with van der Waals surface area (Å²) in [6.45, 7) is 2.18. The fourth-order valence-corrected chi connectivity index (χ4v) is 3.17. The average molecular weight is 293 g/mol. The van der Waals surface area contributed by atoms with Crippen molar-refractivity contribution < 1.29 is 9.59 Å². The van der Waals surface area contributed by atoms with Crippen LogP contribution >= 0.6 is 11.6 Å². The molecule has 2 amide bonds. The van der Waals surface area contributed by atoms with Crippen molar-refractivity contribution in [2.24, 2.45) is 11.8 Å². The van der Waals surface area contributed by atoms with Gasteiger partial charge in [0.15, 0.2) is 0 Å². The largest absolute Gasteiger partial charge is 0.356 e. The number of piperidine rings is 1. The molecule has 1 aromatic carbocycles. The third kappa shape index (κ3) is 2.80. The maximum Gasteiger partial charge on any atom is 0.227 e. The number of amides is 2. The summed E-state index contributed by atoms with van der Waals surface area (Å²) >= 11 is 5.84. The molecule has 20 heavy (non-hydrogen) atoms. The summed E-state index contributed by atoms with van der Waals surface area (Å²) in [5, 5.41) is 3.56. The molecule has 3 rings (SSSR count). The molecule has 2 atom stereocenters. The summed E-state index contributed by atoms with van der Waals surface area (Å²) in [7, 11) is 0. The molecule has 0 saturated carbocycles. The highest BCUT2D eigenvalue weighted by Gasteiger charge is 2.38. The van der Waals surface area contributed by atoms with Gasteiger partial charge in [0.1, 0.15) is 0 Å². The maximum absolute atomic E-state index is 12.3. The van der Waals surface area contributed by atoms with Gasteiger partial charge < -0.3 is 10.2 Å². The summed E-state index contributed by atoms with van der Waals surface area (Å²) in [5.41, 5.74) is 0.975. The summed E-state index contributed by atoms with van der Waals surface area (Å²) in [6.07, 6.45) is 0.952. The second-order valence-electron chi connectivity index (χ2n) is 5.63. The number of carbonyl (C=O) groups excluding carboxylic acids is 2. The monoisotopic (exact) mass is 292 g/mol. The van der Waals surface area contributed by atoms with Gasteiger partial charge in [-0.3, -0.25) is 9.59 Å². The number of likely N-dealkylation sites (tertiary alicyclic amines) is 1. The summed E-state index contributed by atoms with van der Waals surface area (Å²) in [4.78, 5) is 25.6. The van der Waals surface area contributed by atoms with Gasteiger partial charge in [-0.05, 0) is 29.5 Å². The van der Waals surface area contributed by atoms with E-state index in [-0.39, 0.29) is 11.8 Å². The van der Waals surface area contributed by atoms with Crippen LogP contribution in [0.15, 0.2) is 24.3 Å². The maximum atomic E-state index is 12.3. The van der Waals surface area contributed by atoms with Crippen molar-refractivity contribution in [3.8, 4) is 0 Å². The van der Waals surface area contributed by atoms with Gasteiger partial charge in [-0.25, -0.2) is 0 Å². The molecular formula is C15H17ClN2O2. The first-order valence-electron chi connectivity index (χ1n) is 6.91. The second kappa shape index (κ2) is 5.44. The van der Waals surface area contributed by atoms with Crippen LogP contribution in [0.4, 0.5) is 0 Å². The predicted octanol–water partition coefficient (Wildman–Crippen LogP) is 1.48. The van der Waals surface area contributed by atoms with E-state index in [1.807, 2.05) is 17.0 Å². The quantitative estimate of drug-likeness (QED) is 0.897. The van der Waals surface area contributed by atoms with E-state index in [0.29, 0.717) is 42.8 Å². The Labute approximate surface area is 123 Å². The molecule has 1 aromatic rings. The number of rotatable bonds is 2. The highest BCUT2D eigenvalue weighted by atomic mass is 35.5. The third-order valence-corrected chi connectivity index (χ3v) is 4.46. The number of nitrogens with zero attached hydrogens (tertiary/aromatic N) is 1. The normalized spacial score (nSPS) is 25.2. The molecule has 0 unspecified atom stereocenters. The van der Waals surface area contributed by atoms with Crippen molar-refractivity contribution in [1.29, 1.82) is 0 Å². The minimum Gasteiger partial charge on any atom is -0.356 e. The fourth-order valence-electron chi connectivity index (χ4n) is 3.05. The molecule has 2 aliphatic heterocycles. The molecule has 0 aromatic heterocycles. The van der Waals surface area contributed by atoms with Crippen LogP contribution in [0.5, 0.6) is 0 Å². The number of fused-ring (bicyclic) bond motifs is 1. The van der Waals surface area contributed by atoms with Crippen LogP contribution in [-0.2, 0) is 16.0 Å². The van der Waals surface area contributed by atoms with Crippen molar-refractivity contribution in [1.82, 2.24) is 10.2 Å². The molecule has 0 aliphatic carbocycles. The fraction of sp³-hybridized carbons (Fsp3) is 0.467. The predicted molar refractivity (Wildman–Crippen MR) is 76.3 cm³/mol. The van der Waals surface area contributed by atoms with Gasteiger partial charge in [0.05, 0.1) is 6.42 Å². The Morgan fingerprint density at radius 1 is 1.25 bits per heavy atom. The van der Waals surface area contributed by atoms with Crippen molar-refractivity contribution >= 4 is 23.4 Å². The lowest BCUT2D eigenvalue weighted by molar-refractivity contribution is -0.130. The third-order valence-electron chi connectivity index (χ3n) is 4.21. The lowest BCUT2D eigenvalue weighted by Gasteiger charge is -2.23. The molecule has 106 valence electrons. The molecule has 0 radical (unpaired) electrons. The van der Waals surface area contributed by atoms with Gasteiger partial charge in [0.2, 0.25) is 11.8 Å². The Kier molecular flexibility index (Phi) is 3.66. The van der Waals surface area contributed by atoms with E-state index >= 15 is 0 Å². The summed E-state index contributed by atoms with van der Waals surface area (Å²) in [6, 6.07) is 7.37. The van der Waals surface area contributed by atoms with Crippen molar-refractivity contribution in [3.63, 3.8) is 0 Å². The number of benzene rings is 1. The molecule has 5 heteroatoms. The average Bonchev–Trinajstić information content (AvgIpc) is 2.84. The van der Waals surface area contributed by atoms with Gasteiger partial charge in [-0.1, -0.05) is 23.7 Å². The molecule has 2 aliphatic rings. The Morgan fingerprint density at radius 3 is 2.70 bits per heavy atom. The van der Waals surface area contributed by atoms with Gasteiger partial charge in [0.25, 0.3) is 0 Å². The molecule has 1 N–H and O–H groups in total. The van der Waals surface area contributed by atoms with Crippen LogP contribution in [0.3, 0.4) is 0 Å². The molecule has 2 saturated heterocycles. The van der Waals surface area contributed by atoms with E-state index in [2.05, 4.69) is 5.32 Å². The van der Waals surface area contributed by atoms with Crippen molar-refractivity contribution in [2.45, 2.75) is 12.8 Å². The van der Waals surface area contributed by atoms with Crippen LogP contribution in [0, 0.1) is 11.8 Å². The van der Waals surface area contributed by atoms with E-state index < -0.39 is 0 Å². The van der Waals surface area contributed by atoms with E-state index in [1.165, 1.54) is 0 Å². The minimum atomic E-state index is 0.109. The van der Waals surface area contributed by atoms with E-state index in [0.717, 1.165) is 12.1 Å². The van der Waals surface area contributed by atoms with Crippen LogP contribution in [0.2, 0.25) is 5.02 Å². The lowest BCUT2D eigenvalue weighted by atomic mass is 9.89. The van der Waals surface area contributed by atoms with Crippen LogP contribution in [-0.4, -0.2) is 36.3 Å². The highest BCUT2D eigenvalue weighted by Crippen LogP contribution is 2.28. The van der Waals surface area contributed by atoms with Gasteiger partial charge in [-0.2, -0.15) is 0 Å². The number of nitrogens with one attached hydrogen (secondary N) is 1. The zero-order chi connectivity index (χ0) is 14.1. The first-order chi connectivity index (χ1) is 9.61. The highest BCUT2D eigenvalue weighted by molar-refractivity contribution is 6.30. The van der Waals surface area contributed by atoms with Crippen LogP contribution < -0.4 is 5.32 Å². The Hall–Kier alpha value is -1.55. The molecule has 0 bridgehead atoms. The van der Waals surface area contributed by atoms with Gasteiger partial charge in [0, 0.05) is 31.1 Å². The number of hydrogen-bond acceptors (Lipinski definition) is 2. The summed E-state index contributed by atoms with van der Waals surface area (Å²) in [5.74, 6) is 0.993. The Balaban J connectivity index is 1.61. The standard InChI is InChI=1S/C15H17ClN2O2/c16-13-3-1-10(2-4-13)5-15(20)18-8-11-6-14(19)17-7-12(11)9-18/h1-4,11-12H,5-9H2,(H,17,19)/t11-,12+/m0/s1. The smallest absolute Gasteiger partial charge is 0.227 e. The SMILES string of the molecule is O=C1C[C@H]2CN(C(=O)Cc3ccc(Cl)cc3)C[C@H]2CN1. The number of carbonyl (C=O) groups is 2. The molecular weight excluding hydrogens is 276 g/mol. The van der Waals surface area contributed by atoms with E-state index in [1.54, 1.807) is 12.1 Å². The topological polar surface area (TPSA) is 49.4 Å². The van der Waals surface area contributed by atoms with Crippen molar-refractivity contribution in [2.75, 3.05) is 19.6 Å². The zero-order valence-corrected chi connectivity index (χ0v) is 11.9. The molecule has 2 fully saturated rings. The van der Waals surface area contributed by atoms with E-state index in [4.69, 9.17) is 11.6 Å². The Bertz CT molecular complexity index is 529. The summed E-state index contributed by atoms with van der Waals surface area (Å²) < 4.78 is 0. The second-order valence-corrected chi connectivity index (χ2v) is 6.07. The van der Waals surface area contributed by atoms with Gasteiger partial charge >= 0.3 is 0 Å². The van der Waals surface area contributed by atoms with Gasteiger partial charge in [-0.15, -0.1) is 0 Å². The van der Waals surface area contributed by atoms with E-state index in [9.17, 15) is 9.59 Å².